The van der Waals surface area contributed by atoms with Crippen molar-refractivity contribution in [1.29, 1.82) is 5.26 Å². The van der Waals surface area contributed by atoms with Gasteiger partial charge >= 0.3 is 0 Å². The minimum Gasteiger partial charge on any atom is -0.392 e. The number of aliphatic hydroxyl groups is 3. The summed E-state index contributed by atoms with van der Waals surface area (Å²) in [5, 5.41) is 41.8. The van der Waals surface area contributed by atoms with E-state index in [4.69, 9.17) is 4.74 Å². The van der Waals surface area contributed by atoms with Crippen LogP contribution in [0.4, 0.5) is 0 Å². The molecule has 2 aromatic rings. The van der Waals surface area contributed by atoms with E-state index in [-0.39, 0.29) is 19.8 Å². The molecule has 0 saturated carbocycles. The second-order valence-electron chi connectivity index (χ2n) is 5.92. The van der Waals surface area contributed by atoms with Crippen molar-refractivity contribution < 1.29 is 20.1 Å². The second kappa shape index (κ2) is 9.48. The van der Waals surface area contributed by atoms with Crippen LogP contribution >= 0.6 is 0 Å². The Morgan fingerprint density at radius 1 is 1.12 bits per heavy atom. The van der Waals surface area contributed by atoms with Gasteiger partial charge in [0, 0.05) is 24.9 Å². The van der Waals surface area contributed by atoms with E-state index in [1.54, 1.807) is 13.2 Å². The van der Waals surface area contributed by atoms with Crippen LogP contribution in [-0.4, -0.2) is 41.1 Å². The SMILES string of the molecule is CNCc1[nH]c(C#N)c(CCOC)c1-c1ccc(CO)c(CO)c1CO. The Hall–Kier alpha value is -2.21. The van der Waals surface area contributed by atoms with Crippen LogP contribution in [-0.2, 0) is 37.5 Å². The molecule has 0 saturated heterocycles. The molecule has 140 valence electrons. The minimum atomic E-state index is -0.288. The lowest BCUT2D eigenvalue weighted by atomic mass is 9.89. The molecule has 0 aliphatic heterocycles. The fourth-order valence-electron chi connectivity index (χ4n) is 3.28. The normalized spacial score (nSPS) is 10.9. The first-order valence-electron chi connectivity index (χ1n) is 8.40. The van der Waals surface area contributed by atoms with E-state index in [1.165, 1.54) is 0 Å². The highest BCUT2D eigenvalue weighted by Gasteiger charge is 2.22. The van der Waals surface area contributed by atoms with Crippen LogP contribution in [0.15, 0.2) is 12.1 Å². The van der Waals surface area contributed by atoms with Crippen LogP contribution in [0.1, 0.15) is 33.6 Å². The molecular formula is C19H25N3O4. The average Bonchev–Trinajstić information content (AvgIpc) is 3.02. The number of aromatic amines is 1. The average molecular weight is 359 g/mol. The number of aromatic nitrogens is 1. The van der Waals surface area contributed by atoms with Gasteiger partial charge in [0.1, 0.15) is 11.8 Å². The smallest absolute Gasteiger partial charge is 0.121 e. The highest BCUT2D eigenvalue weighted by Crippen LogP contribution is 2.36. The molecule has 0 spiro atoms. The van der Waals surface area contributed by atoms with Gasteiger partial charge in [-0.05, 0) is 41.3 Å². The maximum atomic E-state index is 9.96. The van der Waals surface area contributed by atoms with E-state index in [0.29, 0.717) is 42.0 Å². The Labute approximate surface area is 152 Å². The number of H-pyrrole nitrogens is 1. The lowest BCUT2D eigenvalue weighted by molar-refractivity contribution is 0.202. The first kappa shape index (κ1) is 20.1. The highest BCUT2D eigenvalue weighted by atomic mass is 16.5. The quantitative estimate of drug-likeness (QED) is 0.454. The molecule has 0 radical (unpaired) electrons. The number of nitrogens with one attached hydrogen (secondary N) is 2. The van der Waals surface area contributed by atoms with Gasteiger partial charge in [0.25, 0.3) is 0 Å². The van der Waals surface area contributed by atoms with Crippen molar-refractivity contribution in [2.24, 2.45) is 0 Å². The molecule has 0 atom stereocenters. The number of methoxy groups -OCH3 is 1. The zero-order valence-electron chi connectivity index (χ0n) is 15.1. The molecule has 0 aliphatic carbocycles. The summed E-state index contributed by atoms with van der Waals surface area (Å²) < 4.78 is 5.18. The number of benzene rings is 1. The summed E-state index contributed by atoms with van der Waals surface area (Å²) in [6.07, 6.45) is 0.538. The molecule has 1 heterocycles. The summed E-state index contributed by atoms with van der Waals surface area (Å²) in [6.45, 7) is 0.172. The van der Waals surface area contributed by atoms with Crippen molar-refractivity contribution in [1.82, 2.24) is 10.3 Å². The summed E-state index contributed by atoms with van der Waals surface area (Å²) >= 11 is 0. The highest BCUT2D eigenvalue weighted by molar-refractivity contribution is 5.77. The van der Waals surface area contributed by atoms with Crippen molar-refractivity contribution in [2.75, 3.05) is 20.8 Å². The third kappa shape index (κ3) is 3.80. The number of aliphatic hydroxyl groups excluding tert-OH is 3. The molecule has 1 aromatic carbocycles. The monoisotopic (exact) mass is 359 g/mol. The van der Waals surface area contributed by atoms with E-state index >= 15 is 0 Å². The Bertz CT molecular complexity index is 793. The van der Waals surface area contributed by atoms with Crippen molar-refractivity contribution in [3.8, 4) is 17.2 Å². The summed E-state index contributed by atoms with van der Waals surface area (Å²) in [6, 6.07) is 5.75. The summed E-state index contributed by atoms with van der Waals surface area (Å²) in [4.78, 5) is 3.15. The van der Waals surface area contributed by atoms with E-state index in [1.807, 2.05) is 13.1 Å². The molecule has 7 nitrogen and oxygen atoms in total. The molecule has 0 bridgehead atoms. The van der Waals surface area contributed by atoms with Crippen molar-refractivity contribution in [3.05, 3.63) is 45.8 Å². The Kier molecular flexibility index (Phi) is 7.33. The maximum absolute atomic E-state index is 9.96. The van der Waals surface area contributed by atoms with Crippen LogP contribution in [0.25, 0.3) is 11.1 Å². The number of ether oxygens (including phenoxy) is 1. The summed E-state index contributed by atoms with van der Waals surface area (Å²) in [7, 11) is 3.42. The molecule has 7 heteroatoms. The molecule has 26 heavy (non-hydrogen) atoms. The van der Waals surface area contributed by atoms with Crippen LogP contribution in [0, 0.1) is 11.3 Å². The van der Waals surface area contributed by atoms with Gasteiger partial charge in [-0.15, -0.1) is 0 Å². The third-order valence-electron chi connectivity index (χ3n) is 4.49. The molecule has 0 fully saturated rings. The summed E-state index contributed by atoms with van der Waals surface area (Å²) in [5.41, 5.74) is 5.31. The fraction of sp³-hybridized carbons (Fsp3) is 0.421. The van der Waals surface area contributed by atoms with Gasteiger partial charge in [-0.25, -0.2) is 0 Å². The molecule has 0 aliphatic rings. The number of hydrogen-bond donors (Lipinski definition) is 5. The largest absolute Gasteiger partial charge is 0.392 e. The van der Waals surface area contributed by atoms with E-state index in [0.717, 1.165) is 22.4 Å². The predicted molar refractivity (Wildman–Crippen MR) is 97.1 cm³/mol. The number of rotatable bonds is 9. The minimum absolute atomic E-state index is 0.223. The molecule has 0 unspecified atom stereocenters. The lowest BCUT2D eigenvalue weighted by Crippen LogP contribution is -2.09. The van der Waals surface area contributed by atoms with Crippen molar-refractivity contribution in [3.63, 3.8) is 0 Å². The number of nitriles is 1. The maximum Gasteiger partial charge on any atom is 0.121 e. The molecule has 5 N–H and O–H groups in total. The number of nitrogens with zero attached hydrogens (tertiary/aromatic N) is 1. The van der Waals surface area contributed by atoms with E-state index in [9.17, 15) is 20.6 Å². The van der Waals surface area contributed by atoms with Gasteiger partial charge in [-0.3, -0.25) is 0 Å². The van der Waals surface area contributed by atoms with Crippen molar-refractivity contribution in [2.45, 2.75) is 32.8 Å². The van der Waals surface area contributed by atoms with Crippen LogP contribution in [0.2, 0.25) is 0 Å². The first-order valence-corrected chi connectivity index (χ1v) is 8.40. The van der Waals surface area contributed by atoms with Crippen molar-refractivity contribution >= 4 is 0 Å². The van der Waals surface area contributed by atoms with E-state index < -0.39 is 0 Å². The van der Waals surface area contributed by atoms with Gasteiger partial charge < -0.3 is 30.4 Å². The van der Waals surface area contributed by atoms with Crippen LogP contribution < -0.4 is 5.32 Å². The third-order valence-corrected chi connectivity index (χ3v) is 4.49. The van der Waals surface area contributed by atoms with Gasteiger partial charge in [0.15, 0.2) is 0 Å². The standard InChI is InChI=1S/C19H25N3O4/c1-21-8-18-19(14(5-6-26-2)17(7-20)22-18)13-4-3-12(9-23)15(10-24)16(13)11-25/h3-4,21-25H,5-6,8-11H2,1-2H3. The number of hydrogen-bond acceptors (Lipinski definition) is 6. The predicted octanol–water partition coefficient (Wildman–Crippen LogP) is 0.939. The lowest BCUT2D eigenvalue weighted by Gasteiger charge is -2.17. The summed E-state index contributed by atoms with van der Waals surface area (Å²) in [5.74, 6) is 0. The zero-order chi connectivity index (χ0) is 19.1. The van der Waals surface area contributed by atoms with Crippen LogP contribution in [0.3, 0.4) is 0 Å². The van der Waals surface area contributed by atoms with Gasteiger partial charge in [0.2, 0.25) is 0 Å². The first-order chi connectivity index (χ1) is 12.7. The zero-order valence-corrected chi connectivity index (χ0v) is 15.1. The Balaban J connectivity index is 2.77. The van der Waals surface area contributed by atoms with Gasteiger partial charge in [0.05, 0.1) is 26.4 Å². The van der Waals surface area contributed by atoms with Crippen LogP contribution in [0.5, 0.6) is 0 Å². The molecule has 1 aromatic heterocycles. The Morgan fingerprint density at radius 2 is 1.85 bits per heavy atom. The fourth-order valence-corrected chi connectivity index (χ4v) is 3.28. The van der Waals surface area contributed by atoms with E-state index in [2.05, 4.69) is 16.4 Å². The topological polar surface area (TPSA) is 122 Å². The van der Waals surface area contributed by atoms with Gasteiger partial charge in [-0.1, -0.05) is 12.1 Å². The molecular weight excluding hydrogens is 334 g/mol. The second-order valence-corrected chi connectivity index (χ2v) is 5.92. The van der Waals surface area contributed by atoms with Gasteiger partial charge in [-0.2, -0.15) is 5.26 Å². The molecule has 2 rings (SSSR count). The molecule has 0 amide bonds. The Morgan fingerprint density at radius 3 is 2.38 bits per heavy atom.